The van der Waals surface area contributed by atoms with Gasteiger partial charge in [0.15, 0.2) is 0 Å². The number of ether oxygens (including phenoxy) is 2. The fraction of sp³-hybridized carbons (Fsp3) is 0.133. The van der Waals surface area contributed by atoms with Crippen LogP contribution in [0.2, 0.25) is 0 Å². The van der Waals surface area contributed by atoms with Gasteiger partial charge in [0, 0.05) is 16.2 Å². The largest absolute Gasteiger partial charge is 0.496 e. The van der Waals surface area contributed by atoms with Crippen molar-refractivity contribution < 1.29 is 9.47 Å². The second kappa shape index (κ2) is 6.85. The van der Waals surface area contributed by atoms with E-state index in [0.717, 1.165) is 5.56 Å². The van der Waals surface area contributed by atoms with Gasteiger partial charge in [-0.15, -0.1) is 0 Å². The minimum atomic E-state index is 0.268. The summed E-state index contributed by atoms with van der Waals surface area (Å²) in [6, 6.07) is 14.0. The first kappa shape index (κ1) is 14.3. The second-order valence-corrected chi connectivity index (χ2v) is 4.11. The van der Waals surface area contributed by atoms with Crippen molar-refractivity contribution in [2.45, 2.75) is 6.61 Å². The number of hydrogen-bond acceptors (Lipinski definition) is 4. The van der Waals surface area contributed by atoms with Gasteiger partial charge in [-0.3, -0.25) is 0 Å². The molecule has 2 aromatic carbocycles. The predicted octanol–water partition coefficient (Wildman–Crippen LogP) is 4.09. The molecule has 0 atom stereocenters. The van der Waals surface area contributed by atoms with E-state index in [-0.39, 0.29) is 6.61 Å². The van der Waals surface area contributed by atoms with Gasteiger partial charge in [-0.25, -0.2) is 0 Å². The highest BCUT2D eigenvalue weighted by molar-refractivity contribution is 5.47. The van der Waals surface area contributed by atoms with Gasteiger partial charge >= 0.3 is 0 Å². The van der Waals surface area contributed by atoms with Gasteiger partial charge in [-0.05, 0) is 48.0 Å². The van der Waals surface area contributed by atoms with Crippen LogP contribution in [0.5, 0.6) is 11.5 Å². The van der Waals surface area contributed by atoms with Gasteiger partial charge in [0.2, 0.25) is 0 Å². The van der Waals surface area contributed by atoms with Gasteiger partial charge in [0.05, 0.1) is 18.7 Å². The highest BCUT2D eigenvalue weighted by Gasteiger charge is 2.05. The van der Waals surface area contributed by atoms with Crippen molar-refractivity contribution >= 4 is 5.69 Å². The summed E-state index contributed by atoms with van der Waals surface area (Å²) in [4.78, 5) is 2.75. The molecule has 0 amide bonds. The molecule has 104 valence electrons. The van der Waals surface area contributed by atoms with Crippen LogP contribution in [-0.2, 0) is 6.61 Å². The van der Waals surface area contributed by atoms with E-state index in [2.05, 4.69) is 10.0 Å². The summed E-state index contributed by atoms with van der Waals surface area (Å²) in [5.74, 6) is 1.30. The van der Waals surface area contributed by atoms with Crippen molar-refractivity contribution in [3.8, 4) is 17.6 Å². The van der Waals surface area contributed by atoms with E-state index >= 15 is 0 Å². The lowest BCUT2D eigenvalue weighted by Crippen LogP contribution is -1.98. The standard InChI is InChI=1S/C15H12N4O2/c1-20-15-7-4-13(18-19-17)8-12(15)10-21-14-5-2-11(9-16)3-6-14/h2-8H,10H2,1H3. The van der Waals surface area contributed by atoms with Gasteiger partial charge in [-0.1, -0.05) is 5.11 Å². The summed E-state index contributed by atoms with van der Waals surface area (Å²) in [5, 5.41) is 12.3. The number of rotatable bonds is 5. The van der Waals surface area contributed by atoms with Crippen molar-refractivity contribution in [2.24, 2.45) is 5.11 Å². The van der Waals surface area contributed by atoms with Crippen LogP contribution >= 0.6 is 0 Å². The van der Waals surface area contributed by atoms with Crippen LogP contribution in [0, 0.1) is 11.3 Å². The minimum Gasteiger partial charge on any atom is -0.496 e. The molecule has 2 rings (SSSR count). The quantitative estimate of drug-likeness (QED) is 0.469. The average Bonchev–Trinajstić information content (AvgIpc) is 2.54. The number of nitriles is 1. The topological polar surface area (TPSA) is 91.0 Å². The predicted molar refractivity (Wildman–Crippen MR) is 77.3 cm³/mol. The molecular weight excluding hydrogens is 268 g/mol. The van der Waals surface area contributed by atoms with E-state index < -0.39 is 0 Å². The van der Waals surface area contributed by atoms with Crippen molar-refractivity contribution in [1.29, 1.82) is 5.26 Å². The summed E-state index contributed by atoms with van der Waals surface area (Å²) in [5.41, 5.74) is 10.3. The lowest BCUT2D eigenvalue weighted by molar-refractivity contribution is 0.296. The van der Waals surface area contributed by atoms with Crippen LogP contribution < -0.4 is 9.47 Å². The van der Waals surface area contributed by atoms with Crippen LogP contribution in [0.4, 0.5) is 5.69 Å². The van der Waals surface area contributed by atoms with E-state index in [9.17, 15) is 0 Å². The molecule has 0 saturated heterocycles. The molecule has 0 fully saturated rings. The molecule has 0 aromatic heterocycles. The third-order valence-electron chi connectivity index (χ3n) is 2.80. The van der Waals surface area contributed by atoms with Gasteiger partial charge in [0.25, 0.3) is 0 Å². The summed E-state index contributed by atoms with van der Waals surface area (Å²) in [7, 11) is 1.56. The molecule has 0 saturated carbocycles. The molecule has 0 aliphatic rings. The Hall–Kier alpha value is -3.16. The number of hydrogen-bond donors (Lipinski definition) is 0. The summed E-state index contributed by atoms with van der Waals surface area (Å²) in [6.07, 6.45) is 0. The molecule has 0 aliphatic carbocycles. The minimum absolute atomic E-state index is 0.268. The Morgan fingerprint density at radius 2 is 2.00 bits per heavy atom. The van der Waals surface area contributed by atoms with Crippen molar-refractivity contribution in [1.82, 2.24) is 0 Å². The zero-order valence-corrected chi connectivity index (χ0v) is 11.4. The zero-order chi connectivity index (χ0) is 15.1. The lowest BCUT2D eigenvalue weighted by atomic mass is 10.2. The Morgan fingerprint density at radius 1 is 1.24 bits per heavy atom. The Bertz CT molecular complexity index is 713. The van der Waals surface area contributed by atoms with Crippen LogP contribution in [-0.4, -0.2) is 7.11 Å². The Kier molecular flexibility index (Phi) is 4.65. The molecule has 0 spiro atoms. The first-order valence-electron chi connectivity index (χ1n) is 6.12. The van der Waals surface area contributed by atoms with Gasteiger partial charge in [-0.2, -0.15) is 5.26 Å². The maximum Gasteiger partial charge on any atom is 0.125 e. The van der Waals surface area contributed by atoms with Crippen LogP contribution in [0.1, 0.15) is 11.1 Å². The first-order chi connectivity index (χ1) is 10.3. The van der Waals surface area contributed by atoms with Crippen LogP contribution in [0.3, 0.4) is 0 Å². The smallest absolute Gasteiger partial charge is 0.125 e. The van der Waals surface area contributed by atoms with Gasteiger partial charge < -0.3 is 9.47 Å². The van der Waals surface area contributed by atoms with E-state index in [1.807, 2.05) is 6.07 Å². The molecule has 0 heterocycles. The second-order valence-electron chi connectivity index (χ2n) is 4.11. The molecular formula is C15H12N4O2. The summed E-state index contributed by atoms with van der Waals surface area (Å²) >= 11 is 0. The lowest BCUT2D eigenvalue weighted by Gasteiger charge is -2.11. The molecule has 2 aromatic rings. The number of methoxy groups -OCH3 is 1. The highest BCUT2D eigenvalue weighted by atomic mass is 16.5. The maximum atomic E-state index is 8.74. The normalized spacial score (nSPS) is 9.33. The Balaban J connectivity index is 2.15. The third-order valence-corrected chi connectivity index (χ3v) is 2.80. The van der Waals surface area contributed by atoms with E-state index in [1.165, 1.54) is 0 Å². The molecule has 6 heteroatoms. The van der Waals surface area contributed by atoms with Gasteiger partial charge in [0.1, 0.15) is 18.1 Å². The molecule has 0 radical (unpaired) electrons. The molecule has 21 heavy (non-hydrogen) atoms. The van der Waals surface area contributed by atoms with Crippen molar-refractivity contribution in [3.05, 3.63) is 64.0 Å². The van der Waals surface area contributed by atoms with Crippen molar-refractivity contribution in [2.75, 3.05) is 7.11 Å². The highest BCUT2D eigenvalue weighted by Crippen LogP contribution is 2.26. The SMILES string of the molecule is COc1ccc(N=[N+]=[N-])cc1COc1ccc(C#N)cc1. The van der Waals surface area contributed by atoms with Crippen molar-refractivity contribution in [3.63, 3.8) is 0 Å². The van der Waals surface area contributed by atoms with Crippen LogP contribution in [0.15, 0.2) is 47.6 Å². The zero-order valence-electron chi connectivity index (χ0n) is 11.4. The molecule has 0 aliphatic heterocycles. The summed E-state index contributed by atoms with van der Waals surface area (Å²) < 4.78 is 10.9. The number of benzene rings is 2. The number of azide groups is 1. The fourth-order valence-corrected chi connectivity index (χ4v) is 1.78. The molecule has 6 nitrogen and oxygen atoms in total. The van der Waals surface area contributed by atoms with E-state index in [4.69, 9.17) is 20.3 Å². The monoisotopic (exact) mass is 280 g/mol. The maximum absolute atomic E-state index is 8.74. The average molecular weight is 280 g/mol. The first-order valence-corrected chi connectivity index (χ1v) is 6.12. The molecule has 0 unspecified atom stereocenters. The molecule has 0 N–H and O–H groups in total. The van der Waals surface area contributed by atoms with Crippen LogP contribution in [0.25, 0.3) is 10.4 Å². The number of nitrogens with zero attached hydrogens (tertiary/aromatic N) is 4. The Morgan fingerprint density at radius 3 is 2.62 bits per heavy atom. The Labute approximate surface area is 121 Å². The molecule has 0 bridgehead atoms. The summed E-state index contributed by atoms with van der Waals surface area (Å²) in [6.45, 7) is 0.268. The fourth-order valence-electron chi connectivity index (χ4n) is 1.78. The van der Waals surface area contributed by atoms with E-state index in [0.29, 0.717) is 22.7 Å². The van der Waals surface area contributed by atoms with E-state index in [1.54, 1.807) is 49.6 Å². The third kappa shape index (κ3) is 3.66.